The van der Waals surface area contributed by atoms with E-state index in [9.17, 15) is 4.39 Å². The van der Waals surface area contributed by atoms with E-state index in [1.165, 1.54) is 18.2 Å². The second-order valence-electron chi connectivity index (χ2n) is 6.50. The molecule has 1 N–H and O–H groups in total. The van der Waals surface area contributed by atoms with Crippen LogP contribution in [0, 0.1) is 18.7 Å². The van der Waals surface area contributed by atoms with E-state index in [1.54, 1.807) is 6.07 Å². The molecule has 0 unspecified atom stereocenters. The van der Waals surface area contributed by atoms with Crippen LogP contribution in [0.1, 0.15) is 12.0 Å². The molecule has 2 atom stereocenters. The van der Waals surface area contributed by atoms with Gasteiger partial charge in [-0.25, -0.2) is 4.39 Å². The van der Waals surface area contributed by atoms with Crippen molar-refractivity contribution >= 4 is 5.69 Å². The van der Waals surface area contributed by atoms with Gasteiger partial charge >= 0.3 is 0 Å². The first-order valence-corrected chi connectivity index (χ1v) is 7.89. The molecule has 2 saturated heterocycles. The van der Waals surface area contributed by atoms with Gasteiger partial charge in [0, 0.05) is 37.4 Å². The van der Waals surface area contributed by atoms with Gasteiger partial charge in [0.2, 0.25) is 0 Å². The number of fused-ring (bicyclic) bond motifs is 2. The molecule has 0 saturated carbocycles. The number of rotatable bonds is 2. The molecule has 2 aromatic rings. The van der Waals surface area contributed by atoms with E-state index in [0.29, 0.717) is 6.04 Å². The number of nitrogens with zero attached hydrogens (tertiary/aromatic N) is 2. The lowest BCUT2D eigenvalue weighted by atomic mass is 9.98. The zero-order valence-electron chi connectivity index (χ0n) is 12.7. The van der Waals surface area contributed by atoms with Gasteiger partial charge in [-0.1, -0.05) is 6.07 Å². The van der Waals surface area contributed by atoms with Crippen LogP contribution in [0.15, 0.2) is 36.7 Å². The topological polar surface area (TPSA) is 28.2 Å². The third-order valence-corrected chi connectivity index (χ3v) is 4.82. The molecule has 4 heteroatoms. The van der Waals surface area contributed by atoms with Crippen molar-refractivity contribution in [1.82, 2.24) is 10.3 Å². The first-order chi connectivity index (χ1) is 10.7. The van der Waals surface area contributed by atoms with E-state index in [4.69, 9.17) is 0 Å². The Labute approximate surface area is 130 Å². The minimum absolute atomic E-state index is 0.191. The molecule has 0 spiro atoms. The summed E-state index contributed by atoms with van der Waals surface area (Å²) in [5, 5.41) is 3.58. The van der Waals surface area contributed by atoms with Gasteiger partial charge in [-0.3, -0.25) is 4.98 Å². The molecule has 1 aromatic carbocycles. The number of nitrogens with one attached hydrogen (secondary N) is 1. The largest absolute Gasteiger partial charge is 0.368 e. The van der Waals surface area contributed by atoms with Crippen molar-refractivity contribution < 1.29 is 4.39 Å². The number of piperidine rings is 1. The molecule has 22 heavy (non-hydrogen) atoms. The fourth-order valence-corrected chi connectivity index (χ4v) is 3.74. The van der Waals surface area contributed by atoms with E-state index < -0.39 is 0 Å². The summed E-state index contributed by atoms with van der Waals surface area (Å²) in [5.41, 5.74) is 4.22. The van der Waals surface area contributed by atoms with Gasteiger partial charge in [-0.2, -0.15) is 0 Å². The molecule has 114 valence electrons. The number of aryl methyl sites for hydroxylation is 1. The molecular formula is C18H20FN3. The molecule has 3 nitrogen and oxygen atoms in total. The quantitative estimate of drug-likeness (QED) is 0.923. The monoisotopic (exact) mass is 297 g/mol. The Kier molecular flexibility index (Phi) is 3.34. The maximum absolute atomic E-state index is 13.3. The average molecular weight is 297 g/mol. The highest BCUT2D eigenvalue weighted by molar-refractivity contribution is 5.70. The number of anilines is 1. The molecular weight excluding hydrogens is 277 g/mol. The van der Waals surface area contributed by atoms with Gasteiger partial charge in [0.1, 0.15) is 5.82 Å². The summed E-state index contributed by atoms with van der Waals surface area (Å²) < 4.78 is 13.3. The number of halogens is 1. The molecule has 2 bridgehead atoms. The smallest absolute Gasteiger partial charge is 0.123 e. The molecule has 0 aliphatic carbocycles. The number of pyridine rings is 1. The lowest BCUT2D eigenvalue weighted by molar-refractivity contribution is 0.474. The van der Waals surface area contributed by atoms with Gasteiger partial charge < -0.3 is 10.2 Å². The fourth-order valence-electron chi connectivity index (χ4n) is 3.74. The Morgan fingerprint density at radius 2 is 2.14 bits per heavy atom. The Hall–Kier alpha value is -1.94. The van der Waals surface area contributed by atoms with Gasteiger partial charge in [-0.15, -0.1) is 0 Å². The predicted octanol–water partition coefficient (Wildman–Crippen LogP) is 2.99. The number of benzene rings is 1. The summed E-state index contributed by atoms with van der Waals surface area (Å²) >= 11 is 0. The lowest BCUT2D eigenvalue weighted by Gasteiger charge is -2.33. The van der Waals surface area contributed by atoms with Crippen LogP contribution in [0.2, 0.25) is 0 Å². The van der Waals surface area contributed by atoms with Crippen LogP contribution in [0.4, 0.5) is 10.1 Å². The summed E-state index contributed by atoms with van der Waals surface area (Å²) in [7, 11) is 0. The highest BCUT2D eigenvalue weighted by atomic mass is 19.1. The van der Waals surface area contributed by atoms with Crippen LogP contribution in [0.3, 0.4) is 0 Å². The van der Waals surface area contributed by atoms with Crippen LogP contribution >= 0.6 is 0 Å². The Balaban J connectivity index is 1.65. The number of aromatic nitrogens is 1. The van der Waals surface area contributed by atoms with Crippen molar-refractivity contribution in [2.45, 2.75) is 19.4 Å². The molecule has 3 heterocycles. The van der Waals surface area contributed by atoms with Gasteiger partial charge in [0.25, 0.3) is 0 Å². The average Bonchev–Trinajstić information content (AvgIpc) is 2.86. The molecule has 0 radical (unpaired) electrons. The SMILES string of the molecule is Cc1cc(F)ccc1-c1cncc(N2C[C@@H]3CN[C@H](C3)C2)c1. The van der Waals surface area contributed by atoms with Gasteiger partial charge in [-0.05, 0) is 48.6 Å². The second-order valence-corrected chi connectivity index (χ2v) is 6.50. The van der Waals surface area contributed by atoms with Crippen LogP contribution in [-0.4, -0.2) is 30.7 Å². The first kappa shape index (κ1) is 13.7. The predicted molar refractivity (Wildman–Crippen MR) is 86.5 cm³/mol. The van der Waals surface area contributed by atoms with Crippen LogP contribution in [-0.2, 0) is 0 Å². The summed E-state index contributed by atoms with van der Waals surface area (Å²) in [5.74, 6) is 0.555. The zero-order chi connectivity index (χ0) is 15.1. The highest BCUT2D eigenvalue weighted by Crippen LogP contribution is 2.30. The highest BCUT2D eigenvalue weighted by Gasteiger charge is 2.32. The normalized spacial score (nSPS) is 23.8. The standard InChI is InChI=1S/C18H20FN3/c1-12-4-15(19)2-3-18(12)14-6-17(9-20-8-14)22-10-13-5-16(11-22)21-7-13/h2-4,6,8-9,13,16,21H,5,7,10-11H2,1H3/t13-,16+/m0/s1. The van der Waals surface area contributed by atoms with E-state index in [1.807, 2.05) is 25.4 Å². The maximum Gasteiger partial charge on any atom is 0.123 e. The third kappa shape index (κ3) is 2.48. The van der Waals surface area contributed by atoms with Gasteiger partial charge in [0.15, 0.2) is 0 Å². The molecule has 2 aliphatic heterocycles. The van der Waals surface area contributed by atoms with E-state index in [0.717, 1.165) is 42.2 Å². The third-order valence-electron chi connectivity index (χ3n) is 4.82. The van der Waals surface area contributed by atoms with Crippen molar-refractivity contribution in [3.63, 3.8) is 0 Å². The van der Waals surface area contributed by atoms with Crippen molar-refractivity contribution in [2.24, 2.45) is 5.92 Å². The van der Waals surface area contributed by atoms with E-state index in [-0.39, 0.29) is 5.82 Å². The maximum atomic E-state index is 13.3. The summed E-state index contributed by atoms with van der Waals surface area (Å²) in [6, 6.07) is 7.72. The van der Waals surface area contributed by atoms with Crippen molar-refractivity contribution in [3.8, 4) is 11.1 Å². The summed E-state index contributed by atoms with van der Waals surface area (Å²) in [6.07, 6.45) is 5.09. The molecule has 2 aliphatic rings. The summed E-state index contributed by atoms with van der Waals surface area (Å²) in [4.78, 5) is 6.84. The van der Waals surface area contributed by atoms with Gasteiger partial charge in [0.05, 0.1) is 11.9 Å². The second kappa shape index (κ2) is 5.36. The molecule has 2 fully saturated rings. The summed E-state index contributed by atoms with van der Waals surface area (Å²) in [6.45, 7) is 5.21. The Morgan fingerprint density at radius 1 is 1.23 bits per heavy atom. The van der Waals surface area contributed by atoms with Crippen LogP contribution in [0.5, 0.6) is 0 Å². The minimum atomic E-state index is -0.191. The number of hydrogen-bond donors (Lipinski definition) is 1. The van der Waals surface area contributed by atoms with Crippen LogP contribution < -0.4 is 10.2 Å². The zero-order valence-corrected chi connectivity index (χ0v) is 12.7. The van der Waals surface area contributed by atoms with E-state index in [2.05, 4.69) is 21.3 Å². The molecule has 4 rings (SSSR count). The molecule has 0 amide bonds. The Morgan fingerprint density at radius 3 is 2.95 bits per heavy atom. The fraction of sp³-hybridized carbons (Fsp3) is 0.389. The Bertz CT molecular complexity index is 688. The number of hydrogen-bond acceptors (Lipinski definition) is 3. The van der Waals surface area contributed by atoms with Crippen LogP contribution in [0.25, 0.3) is 11.1 Å². The minimum Gasteiger partial charge on any atom is -0.368 e. The first-order valence-electron chi connectivity index (χ1n) is 7.89. The van der Waals surface area contributed by atoms with Crippen molar-refractivity contribution in [1.29, 1.82) is 0 Å². The lowest BCUT2D eigenvalue weighted by Crippen LogP contribution is -2.41. The van der Waals surface area contributed by atoms with Crippen molar-refractivity contribution in [3.05, 3.63) is 48.0 Å². The van der Waals surface area contributed by atoms with Crippen molar-refractivity contribution in [2.75, 3.05) is 24.5 Å². The van der Waals surface area contributed by atoms with E-state index >= 15 is 0 Å². The molecule has 1 aromatic heterocycles.